The summed E-state index contributed by atoms with van der Waals surface area (Å²) in [6.45, 7) is 0. The van der Waals surface area contributed by atoms with Gasteiger partial charge in [0.15, 0.2) is 0 Å². The monoisotopic (exact) mass is 677 g/mol. The van der Waals surface area contributed by atoms with Crippen molar-refractivity contribution in [3.63, 3.8) is 0 Å². The molecule has 4 aromatic heterocycles. The zero-order valence-corrected chi connectivity index (χ0v) is 28.2. The summed E-state index contributed by atoms with van der Waals surface area (Å²) in [5, 5.41) is 9.90. The first-order valence-corrected chi connectivity index (χ1v) is 17.8. The Bertz CT molecular complexity index is 3460. The minimum atomic E-state index is 0.602. The zero-order valence-electron chi connectivity index (χ0n) is 28.2. The molecule has 0 aliphatic carbocycles. The second kappa shape index (κ2) is 10.6. The molecule has 4 heterocycles. The SMILES string of the molecule is c1ccc(-c2cc(-c3nc(-n4c5ccccc5c5cc6c(cc54)oc4ccccc46)nc4ccccc34)cc3c2oc2cc4ccccc4cc23)cc1. The second-order valence-electron chi connectivity index (χ2n) is 13.8. The van der Waals surface area contributed by atoms with Crippen LogP contribution in [0.5, 0.6) is 0 Å². The number of aromatic nitrogens is 3. The third kappa shape index (κ3) is 4.13. The number of benzene rings is 8. The van der Waals surface area contributed by atoms with Crippen LogP contribution >= 0.6 is 0 Å². The van der Waals surface area contributed by atoms with Crippen molar-refractivity contribution in [1.82, 2.24) is 14.5 Å². The summed E-state index contributed by atoms with van der Waals surface area (Å²) < 4.78 is 15.3. The maximum atomic E-state index is 6.71. The lowest BCUT2D eigenvalue weighted by Gasteiger charge is -2.13. The lowest BCUT2D eigenvalue weighted by atomic mass is 9.96. The van der Waals surface area contributed by atoms with Crippen molar-refractivity contribution in [3.05, 3.63) is 164 Å². The fourth-order valence-electron chi connectivity index (χ4n) is 8.32. The van der Waals surface area contributed by atoms with Gasteiger partial charge in [0.2, 0.25) is 5.95 Å². The molecule has 0 atom stereocenters. The van der Waals surface area contributed by atoms with Gasteiger partial charge in [-0.2, -0.15) is 0 Å². The molecule has 12 rings (SSSR count). The van der Waals surface area contributed by atoms with Gasteiger partial charge in [0.1, 0.15) is 22.3 Å². The maximum Gasteiger partial charge on any atom is 0.235 e. The third-order valence-electron chi connectivity index (χ3n) is 10.8. The van der Waals surface area contributed by atoms with Crippen LogP contribution < -0.4 is 0 Å². The molecule has 0 aliphatic heterocycles. The lowest BCUT2D eigenvalue weighted by Crippen LogP contribution is -2.03. The van der Waals surface area contributed by atoms with Gasteiger partial charge in [0, 0.05) is 54.9 Å². The molecule has 0 fully saturated rings. The minimum Gasteiger partial charge on any atom is -0.456 e. The number of nitrogens with zero attached hydrogens (tertiary/aromatic N) is 3. The molecule has 8 aromatic carbocycles. The summed E-state index contributed by atoms with van der Waals surface area (Å²) in [5.74, 6) is 0.602. The van der Waals surface area contributed by atoms with Gasteiger partial charge in [-0.3, -0.25) is 4.57 Å². The van der Waals surface area contributed by atoms with Crippen LogP contribution in [0.25, 0.3) is 116 Å². The van der Waals surface area contributed by atoms with E-state index in [1.165, 1.54) is 5.39 Å². The molecule has 0 N–H and O–H groups in total. The van der Waals surface area contributed by atoms with Gasteiger partial charge < -0.3 is 8.83 Å². The molecule has 0 bridgehead atoms. The average Bonchev–Trinajstić information content (AvgIpc) is 3.87. The Balaban J connectivity index is 1.18. The van der Waals surface area contributed by atoms with Crippen molar-refractivity contribution in [3.8, 4) is 28.3 Å². The summed E-state index contributed by atoms with van der Waals surface area (Å²) >= 11 is 0. The Morgan fingerprint density at radius 1 is 0.396 bits per heavy atom. The summed E-state index contributed by atoms with van der Waals surface area (Å²) in [7, 11) is 0. The predicted molar refractivity (Wildman–Crippen MR) is 217 cm³/mol. The first-order valence-electron chi connectivity index (χ1n) is 17.8. The van der Waals surface area contributed by atoms with E-state index in [9.17, 15) is 0 Å². The van der Waals surface area contributed by atoms with Crippen LogP contribution in [0.3, 0.4) is 0 Å². The van der Waals surface area contributed by atoms with Gasteiger partial charge in [0.25, 0.3) is 0 Å². The van der Waals surface area contributed by atoms with E-state index >= 15 is 0 Å². The van der Waals surface area contributed by atoms with Crippen LogP contribution in [0, 0.1) is 0 Å². The number of furan rings is 2. The molecule has 0 amide bonds. The number of para-hydroxylation sites is 3. The van der Waals surface area contributed by atoms with Crippen molar-refractivity contribution in [1.29, 1.82) is 0 Å². The van der Waals surface area contributed by atoms with Crippen molar-refractivity contribution in [2.45, 2.75) is 0 Å². The Morgan fingerprint density at radius 3 is 1.98 bits per heavy atom. The molecule has 12 aromatic rings. The Hall–Kier alpha value is -7.24. The molecule has 246 valence electrons. The van der Waals surface area contributed by atoms with E-state index in [0.29, 0.717) is 5.95 Å². The van der Waals surface area contributed by atoms with Crippen molar-refractivity contribution >= 4 is 87.4 Å². The van der Waals surface area contributed by atoms with E-state index in [-0.39, 0.29) is 0 Å². The smallest absolute Gasteiger partial charge is 0.235 e. The topological polar surface area (TPSA) is 57.0 Å². The Labute approximate surface area is 302 Å². The van der Waals surface area contributed by atoms with E-state index in [4.69, 9.17) is 18.8 Å². The van der Waals surface area contributed by atoms with E-state index in [1.807, 2.05) is 24.3 Å². The molecule has 0 aliphatic rings. The summed E-state index contributed by atoms with van der Waals surface area (Å²) in [5.41, 5.74) is 10.3. The van der Waals surface area contributed by atoms with Gasteiger partial charge in [-0.25, -0.2) is 9.97 Å². The van der Waals surface area contributed by atoms with Gasteiger partial charge in [-0.05, 0) is 64.9 Å². The number of hydrogen-bond donors (Lipinski definition) is 0. The number of rotatable bonds is 3. The van der Waals surface area contributed by atoms with Crippen LogP contribution in [-0.2, 0) is 0 Å². The summed E-state index contributed by atoms with van der Waals surface area (Å²) in [4.78, 5) is 10.7. The maximum absolute atomic E-state index is 6.71. The molecule has 0 saturated carbocycles. The first-order chi connectivity index (χ1) is 26.2. The number of fused-ring (bicyclic) bond motifs is 11. The van der Waals surface area contributed by atoms with Gasteiger partial charge in [-0.15, -0.1) is 0 Å². The summed E-state index contributed by atoms with van der Waals surface area (Å²) in [6.07, 6.45) is 0. The van der Waals surface area contributed by atoms with Gasteiger partial charge >= 0.3 is 0 Å². The van der Waals surface area contributed by atoms with E-state index < -0.39 is 0 Å². The molecule has 53 heavy (non-hydrogen) atoms. The standard InChI is InChI=1S/C48H27N3O2/c1-2-12-28(13-3-1)35-23-31(24-39-37-22-29-14-4-5-15-30(29)25-44(37)53-47(35)39)46-34-18-6-9-19-40(34)49-48(50-46)51-41-20-10-7-16-32(41)36-26-38-33-17-8-11-21-43(33)52-45(38)27-42(36)51/h1-27H. The molecule has 0 saturated heterocycles. The highest BCUT2D eigenvalue weighted by Gasteiger charge is 2.22. The van der Waals surface area contributed by atoms with Gasteiger partial charge in [-0.1, -0.05) is 109 Å². The predicted octanol–water partition coefficient (Wildman–Crippen LogP) is 13.0. The molecule has 0 spiro atoms. The van der Waals surface area contributed by atoms with Crippen molar-refractivity contribution < 1.29 is 8.83 Å². The highest BCUT2D eigenvalue weighted by molar-refractivity contribution is 6.18. The van der Waals surface area contributed by atoms with Gasteiger partial charge in [0.05, 0.1) is 22.2 Å². The number of hydrogen-bond acceptors (Lipinski definition) is 4. The molecular weight excluding hydrogens is 651 g/mol. The van der Waals surface area contributed by atoms with E-state index in [2.05, 4.69) is 144 Å². The first kappa shape index (κ1) is 28.5. The third-order valence-corrected chi connectivity index (χ3v) is 10.8. The van der Waals surface area contributed by atoms with Crippen LogP contribution in [0.4, 0.5) is 0 Å². The van der Waals surface area contributed by atoms with E-state index in [0.717, 1.165) is 104 Å². The molecule has 0 radical (unpaired) electrons. The van der Waals surface area contributed by atoms with Crippen LogP contribution in [0.2, 0.25) is 0 Å². The fraction of sp³-hybridized carbons (Fsp3) is 0. The Morgan fingerprint density at radius 2 is 1.09 bits per heavy atom. The van der Waals surface area contributed by atoms with Crippen LogP contribution in [0.15, 0.2) is 173 Å². The van der Waals surface area contributed by atoms with Crippen molar-refractivity contribution in [2.24, 2.45) is 0 Å². The van der Waals surface area contributed by atoms with Crippen LogP contribution in [0.1, 0.15) is 0 Å². The average molecular weight is 678 g/mol. The van der Waals surface area contributed by atoms with E-state index in [1.54, 1.807) is 0 Å². The lowest BCUT2D eigenvalue weighted by molar-refractivity contribution is 0.669. The molecule has 5 heteroatoms. The largest absolute Gasteiger partial charge is 0.456 e. The zero-order chi connectivity index (χ0) is 34.6. The molecule has 0 unspecified atom stereocenters. The molecule has 5 nitrogen and oxygen atoms in total. The second-order valence-corrected chi connectivity index (χ2v) is 13.8. The highest BCUT2D eigenvalue weighted by atomic mass is 16.3. The minimum absolute atomic E-state index is 0.602. The fourth-order valence-corrected chi connectivity index (χ4v) is 8.32. The highest BCUT2D eigenvalue weighted by Crippen LogP contribution is 2.43. The summed E-state index contributed by atoms with van der Waals surface area (Å²) in [6, 6.07) is 57.2. The van der Waals surface area contributed by atoms with Crippen LogP contribution in [-0.4, -0.2) is 14.5 Å². The quantitative estimate of drug-likeness (QED) is 0.187. The Kier molecular flexibility index (Phi) is 5.71. The normalized spacial score (nSPS) is 12.2. The molecular formula is C48H27N3O2. The van der Waals surface area contributed by atoms with Crippen molar-refractivity contribution in [2.75, 3.05) is 0 Å².